The third kappa shape index (κ3) is 3.48. The highest BCUT2D eigenvalue weighted by molar-refractivity contribution is 7.10. The summed E-state index contributed by atoms with van der Waals surface area (Å²) < 4.78 is 0. The molecule has 2 aliphatic heterocycles. The van der Waals surface area contributed by atoms with Gasteiger partial charge in [-0.15, -0.1) is 11.3 Å². The molecule has 1 aromatic carbocycles. The van der Waals surface area contributed by atoms with E-state index in [1.165, 1.54) is 10.4 Å². The second-order valence-corrected chi connectivity index (χ2v) is 9.65. The number of fused-ring (bicyclic) bond motifs is 1. The molecular weight excluding hydrogens is 412 g/mol. The fourth-order valence-electron chi connectivity index (χ4n) is 4.90. The van der Waals surface area contributed by atoms with Gasteiger partial charge in [-0.1, -0.05) is 12.8 Å². The van der Waals surface area contributed by atoms with Crippen molar-refractivity contribution in [2.75, 3.05) is 16.8 Å². The van der Waals surface area contributed by atoms with E-state index in [0.717, 1.165) is 42.9 Å². The van der Waals surface area contributed by atoms with Crippen molar-refractivity contribution in [1.82, 2.24) is 10.2 Å². The predicted octanol–water partition coefficient (Wildman–Crippen LogP) is 3.50. The molecule has 2 fully saturated rings. The molecule has 2 aromatic rings. The first-order valence-corrected chi connectivity index (χ1v) is 11.7. The van der Waals surface area contributed by atoms with Crippen LogP contribution in [0.3, 0.4) is 0 Å². The number of anilines is 2. The Morgan fingerprint density at radius 1 is 1.16 bits per heavy atom. The second-order valence-electron chi connectivity index (χ2n) is 8.65. The largest absolute Gasteiger partial charge is 0.367 e. The second kappa shape index (κ2) is 7.67. The molecule has 1 spiro atoms. The number of rotatable bonds is 4. The van der Waals surface area contributed by atoms with Crippen LogP contribution in [0, 0.1) is 0 Å². The van der Waals surface area contributed by atoms with Crippen LogP contribution in [-0.2, 0) is 22.6 Å². The van der Waals surface area contributed by atoms with Gasteiger partial charge >= 0.3 is 6.03 Å². The fraction of sp³-hybridized carbons (Fsp3) is 0.435. The van der Waals surface area contributed by atoms with Gasteiger partial charge in [-0.3, -0.25) is 9.59 Å². The number of imide groups is 1. The van der Waals surface area contributed by atoms with Gasteiger partial charge in [0.2, 0.25) is 5.91 Å². The predicted molar refractivity (Wildman–Crippen MR) is 120 cm³/mol. The van der Waals surface area contributed by atoms with Gasteiger partial charge in [-0.05, 0) is 67.5 Å². The molecule has 5 rings (SSSR count). The molecule has 0 bridgehead atoms. The quantitative estimate of drug-likeness (QED) is 0.716. The molecule has 3 heterocycles. The first-order valence-electron chi connectivity index (χ1n) is 10.8. The van der Waals surface area contributed by atoms with Crippen LogP contribution < -0.4 is 15.5 Å². The Labute approximate surface area is 185 Å². The molecule has 1 aliphatic carbocycles. The van der Waals surface area contributed by atoms with Gasteiger partial charge in [-0.2, -0.15) is 0 Å². The van der Waals surface area contributed by atoms with Crippen LogP contribution in [0.15, 0.2) is 35.7 Å². The Bertz CT molecular complexity index is 1030. The van der Waals surface area contributed by atoms with Gasteiger partial charge in [0.25, 0.3) is 5.91 Å². The van der Waals surface area contributed by atoms with Crippen LogP contribution in [0.4, 0.5) is 16.2 Å². The third-order valence-electron chi connectivity index (χ3n) is 6.72. The molecule has 1 unspecified atom stereocenters. The van der Waals surface area contributed by atoms with Crippen molar-refractivity contribution in [3.63, 3.8) is 0 Å². The minimum absolute atomic E-state index is 0.272. The molecule has 162 valence electrons. The lowest BCUT2D eigenvalue weighted by molar-refractivity contribution is -0.136. The number of hydrogen-bond acceptors (Lipinski definition) is 5. The smallest absolute Gasteiger partial charge is 0.325 e. The highest BCUT2D eigenvalue weighted by atomic mass is 32.1. The minimum Gasteiger partial charge on any atom is -0.367 e. The van der Waals surface area contributed by atoms with Crippen molar-refractivity contribution in [2.24, 2.45) is 0 Å². The summed E-state index contributed by atoms with van der Waals surface area (Å²) in [6.07, 6.45) is 4.17. The number of benzene rings is 1. The van der Waals surface area contributed by atoms with E-state index in [0.29, 0.717) is 18.5 Å². The van der Waals surface area contributed by atoms with E-state index in [2.05, 4.69) is 27.0 Å². The number of hydrogen-bond donors (Lipinski definition) is 2. The van der Waals surface area contributed by atoms with Crippen molar-refractivity contribution in [2.45, 2.75) is 57.2 Å². The summed E-state index contributed by atoms with van der Waals surface area (Å²) in [4.78, 5) is 43.0. The Morgan fingerprint density at radius 2 is 1.90 bits per heavy atom. The molecule has 1 saturated heterocycles. The molecule has 3 aliphatic rings. The standard InChI is InChI=1S/C23H26N4O3S/c1-15(27-21(29)23(25-22(27)30)10-2-3-11-23)20(28)24-17-4-6-18(7-5-17)26-12-8-19-16(14-26)9-13-31-19/h4-7,9,13,15H,2-3,8,10-12,14H2,1H3,(H,24,28)(H,25,30). The highest BCUT2D eigenvalue weighted by Gasteiger charge is 2.54. The summed E-state index contributed by atoms with van der Waals surface area (Å²) in [5, 5.41) is 7.83. The van der Waals surface area contributed by atoms with Crippen LogP contribution in [-0.4, -0.2) is 40.9 Å². The van der Waals surface area contributed by atoms with Gasteiger partial charge in [0.05, 0.1) is 0 Å². The van der Waals surface area contributed by atoms with Gasteiger partial charge in [0, 0.05) is 29.3 Å². The third-order valence-corrected chi connectivity index (χ3v) is 7.75. The average Bonchev–Trinajstić information content (AvgIpc) is 3.48. The van der Waals surface area contributed by atoms with Crippen LogP contribution >= 0.6 is 11.3 Å². The maximum Gasteiger partial charge on any atom is 0.325 e. The SMILES string of the molecule is CC(C(=O)Nc1ccc(N2CCc3sccc3C2)cc1)N1C(=O)NC2(CCCC2)C1=O. The van der Waals surface area contributed by atoms with E-state index in [9.17, 15) is 14.4 Å². The zero-order valence-electron chi connectivity index (χ0n) is 17.5. The monoisotopic (exact) mass is 438 g/mol. The van der Waals surface area contributed by atoms with Crippen LogP contribution in [0.25, 0.3) is 0 Å². The van der Waals surface area contributed by atoms with Gasteiger partial charge < -0.3 is 15.5 Å². The van der Waals surface area contributed by atoms with Crippen molar-refractivity contribution in [1.29, 1.82) is 0 Å². The zero-order valence-corrected chi connectivity index (χ0v) is 18.3. The molecule has 0 radical (unpaired) electrons. The van der Waals surface area contributed by atoms with Gasteiger partial charge in [-0.25, -0.2) is 9.69 Å². The number of carbonyl (C=O) groups is 3. The summed E-state index contributed by atoms with van der Waals surface area (Å²) in [6.45, 7) is 3.47. The average molecular weight is 439 g/mol. The Kier molecular flexibility index (Phi) is 4.97. The zero-order chi connectivity index (χ0) is 21.6. The van der Waals surface area contributed by atoms with E-state index in [4.69, 9.17) is 0 Å². The Morgan fingerprint density at radius 3 is 2.65 bits per heavy atom. The molecule has 31 heavy (non-hydrogen) atoms. The molecule has 2 N–H and O–H groups in total. The molecule has 1 saturated carbocycles. The number of nitrogens with zero attached hydrogens (tertiary/aromatic N) is 2. The Balaban J connectivity index is 1.23. The van der Waals surface area contributed by atoms with E-state index in [-0.39, 0.29) is 11.8 Å². The summed E-state index contributed by atoms with van der Waals surface area (Å²) >= 11 is 1.82. The Hall–Kier alpha value is -2.87. The lowest BCUT2D eigenvalue weighted by Crippen LogP contribution is -2.48. The lowest BCUT2D eigenvalue weighted by Gasteiger charge is -2.29. The number of amides is 4. The van der Waals surface area contributed by atoms with Crippen molar-refractivity contribution in [3.05, 3.63) is 46.2 Å². The van der Waals surface area contributed by atoms with E-state index in [1.54, 1.807) is 6.92 Å². The molecular formula is C23H26N4O3S. The first-order chi connectivity index (χ1) is 15.0. The fourth-order valence-corrected chi connectivity index (χ4v) is 5.79. The van der Waals surface area contributed by atoms with E-state index >= 15 is 0 Å². The van der Waals surface area contributed by atoms with Gasteiger partial charge in [0.1, 0.15) is 11.6 Å². The van der Waals surface area contributed by atoms with E-state index in [1.807, 2.05) is 35.6 Å². The molecule has 1 atom stereocenters. The lowest BCUT2D eigenvalue weighted by atomic mass is 9.97. The summed E-state index contributed by atoms with van der Waals surface area (Å²) in [6, 6.07) is 8.58. The van der Waals surface area contributed by atoms with Crippen molar-refractivity contribution in [3.8, 4) is 0 Å². The summed E-state index contributed by atoms with van der Waals surface area (Å²) in [7, 11) is 0. The maximum atomic E-state index is 12.9. The van der Waals surface area contributed by atoms with Crippen molar-refractivity contribution < 1.29 is 14.4 Å². The van der Waals surface area contributed by atoms with Crippen LogP contribution in [0.2, 0.25) is 0 Å². The first kappa shape index (κ1) is 20.1. The topological polar surface area (TPSA) is 81.8 Å². The van der Waals surface area contributed by atoms with Gasteiger partial charge in [0.15, 0.2) is 0 Å². The number of thiophene rings is 1. The number of nitrogens with one attached hydrogen (secondary N) is 2. The van der Waals surface area contributed by atoms with Crippen LogP contribution in [0.5, 0.6) is 0 Å². The molecule has 7 nitrogen and oxygen atoms in total. The normalized spacial score (nSPS) is 20.7. The maximum absolute atomic E-state index is 12.9. The summed E-state index contributed by atoms with van der Waals surface area (Å²) in [5.41, 5.74) is 2.34. The highest BCUT2D eigenvalue weighted by Crippen LogP contribution is 2.36. The number of carbonyl (C=O) groups excluding carboxylic acids is 3. The van der Waals surface area contributed by atoms with E-state index < -0.39 is 17.6 Å². The molecule has 1 aromatic heterocycles. The minimum atomic E-state index is -0.869. The molecule has 8 heteroatoms. The van der Waals surface area contributed by atoms with Crippen LogP contribution in [0.1, 0.15) is 43.0 Å². The molecule has 4 amide bonds. The summed E-state index contributed by atoms with van der Waals surface area (Å²) in [5.74, 6) is -0.641. The van der Waals surface area contributed by atoms with Crippen molar-refractivity contribution >= 4 is 40.6 Å². The number of urea groups is 1.